The number of aromatic nitrogens is 4. The molecule has 5 aromatic rings. The van der Waals surface area contributed by atoms with E-state index in [1.807, 2.05) is 0 Å². The maximum atomic E-state index is 13.2. The number of aliphatic carboxylic acids is 1. The van der Waals surface area contributed by atoms with Crippen LogP contribution in [0.3, 0.4) is 0 Å². The Morgan fingerprint density at radius 1 is 0.845 bits per heavy atom. The maximum absolute atomic E-state index is 13.2. The molecule has 0 radical (unpaired) electrons. The van der Waals surface area contributed by atoms with Crippen LogP contribution in [0.25, 0.3) is 11.2 Å². The number of carbonyl (C=O) groups is 5. The van der Waals surface area contributed by atoms with Crippen molar-refractivity contribution in [2.45, 2.75) is 39.3 Å². The van der Waals surface area contributed by atoms with Crippen LogP contribution in [0.4, 0.5) is 17.3 Å². The van der Waals surface area contributed by atoms with Crippen molar-refractivity contribution in [3.05, 3.63) is 112 Å². The third kappa shape index (κ3) is 11.4. The molecular formula is C37H37N8O12P. The highest BCUT2D eigenvalue weighted by Gasteiger charge is 2.26. The summed E-state index contributed by atoms with van der Waals surface area (Å²) in [5.41, 5.74) is 5.72. The Balaban J connectivity index is 1.12. The van der Waals surface area contributed by atoms with Crippen LogP contribution in [0.1, 0.15) is 63.5 Å². The average molecular weight is 817 g/mol. The van der Waals surface area contributed by atoms with Crippen LogP contribution in [0.5, 0.6) is 5.75 Å². The van der Waals surface area contributed by atoms with Gasteiger partial charge in [0.05, 0.1) is 31.6 Å². The van der Waals surface area contributed by atoms with Gasteiger partial charge in [-0.2, -0.15) is 4.98 Å². The predicted molar refractivity (Wildman–Crippen MR) is 207 cm³/mol. The predicted octanol–water partition coefficient (Wildman–Crippen LogP) is 4.07. The number of nitrogens with zero attached hydrogens (tertiary/aromatic N) is 3. The van der Waals surface area contributed by atoms with E-state index in [1.54, 1.807) is 50.2 Å². The number of anilines is 3. The maximum Gasteiger partial charge on any atom is 0.475 e. The van der Waals surface area contributed by atoms with Crippen LogP contribution in [-0.4, -0.2) is 74.0 Å². The van der Waals surface area contributed by atoms with E-state index < -0.39 is 55.5 Å². The highest BCUT2D eigenvalue weighted by molar-refractivity contribution is 7.48. The van der Waals surface area contributed by atoms with Gasteiger partial charge in [-0.1, -0.05) is 24.3 Å². The van der Waals surface area contributed by atoms with Gasteiger partial charge < -0.3 is 36.5 Å². The zero-order chi connectivity index (χ0) is 41.8. The first-order valence-corrected chi connectivity index (χ1v) is 18.9. The second kappa shape index (κ2) is 19.3. The third-order valence-electron chi connectivity index (χ3n) is 7.85. The van der Waals surface area contributed by atoms with Crippen LogP contribution in [-0.2, 0) is 34.3 Å². The van der Waals surface area contributed by atoms with Crippen LogP contribution < -0.4 is 32.0 Å². The summed E-state index contributed by atoms with van der Waals surface area (Å²) >= 11 is 0. The number of nitrogens with one attached hydrogen (secondary N) is 4. The quantitative estimate of drug-likeness (QED) is 0.0413. The Kier molecular flexibility index (Phi) is 14.1. The molecule has 21 heteroatoms. The van der Waals surface area contributed by atoms with E-state index >= 15 is 0 Å². The number of fused-ring (bicyclic) bond motifs is 1. The van der Waals surface area contributed by atoms with Gasteiger partial charge in [0, 0.05) is 23.4 Å². The Morgan fingerprint density at radius 2 is 1.48 bits per heavy atom. The number of carboxylic acid groups (broad SMARTS) is 1. The molecule has 7 N–H and O–H groups in total. The second-order valence-electron chi connectivity index (χ2n) is 12.0. The number of ether oxygens (including phenoxy) is 1. The minimum absolute atomic E-state index is 0.0173. The number of H-pyrrole nitrogens is 1. The molecule has 58 heavy (non-hydrogen) atoms. The van der Waals surface area contributed by atoms with Crippen molar-refractivity contribution >= 4 is 66.0 Å². The molecule has 0 saturated heterocycles. The molecule has 1 atom stereocenters. The number of esters is 1. The molecule has 0 spiro atoms. The van der Waals surface area contributed by atoms with Gasteiger partial charge in [-0.3, -0.25) is 37.5 Å². The average Bonchev–Trinajstić information content (AvgIpc) is 3.19. The summed E-state index contributed by atoms with van der Waals surface area (Å²) in [4.78, 5) is 89.8. The number of phosphoric acid groups is 1. The van der Waals surface area contributed by atoms with Gasteiger partial charge in [0.25, 0.3) is 17.7 Å². The summed E-state index contributed by atoms with van der Waals surface area (Å²) in [5, 5.41) is 17.4. The van der Waals surface area contributed by atoms with Crippen LogP contribution in [0.15, 0.2) is 83.8 Å². The topological polar surface area (TPSA) is 293 Å². The lowest BCUT2D eigenvalue weighted by molar-refractivity contribution is -0.140. The highest BCUT2D eigenvalue weighted by Crippen LogP contribution is 2.49. The number of carbonyl (C=O) groups excluding carboxylic acids is 4. The molecule has 0 aliphatic rings. The first kappa shape index (κ1) is 42.3. The first-order chi connectivity index (χ1) is 27.8. The van der Waals surface area contributed by atoms with Gasteiger partial charge in [-0.05, 0) is 74.4 Å². The van der Waals surface area contributed by atoms with E-state index in [9.17, 15) is 38.4 Å². The number of nitrogen functional groups attached to an aromatic ring is 1. The molecule has 302 valence electrons. The number of amides is 3. The standard InChI is InChI=1S/C37H37N8O12P/c1-3-54-58(53,55-4-2)56-20-21-9-13-23(14-10-21)40-33(48)25-7-5-6-8-28(25)57-29(46)18-17-26(36(51)52)43-32(47)22-11-15-24(16-12-22)41-34(49)27-19-39-31-30(42-27)35(50)45-37(38)44-31/h5-16,19,26H,3-4,17-18,20H2,1-2H3,(H,40,48)(H,41,49)(H,43,47)(H,51,52)(H3,38,39,44,45,50)/t26-/m0/s1. The fourth-order valence-corrected chi connectivity index (χ4v) is 6.26. The molecule has 2 aromatic heterocycles. The Hall–Kier alpha value is -6.86. The zero-order valence-corrected chi connectivity index (χ0v) is 31.8. The summed E-state index contributed by atoms with van der Waals surface area (Å²) in [6, 6.07) is 16.3. The summed E-state index contributed by atoms with van der Waals surface area (Å²) in [6.45, 7) is 3.52. The lowest BCUT2D eigenvalue weighted by Gasteiger charge is -2.16. The number of aromatic amines is 1. The van der Waals surface area contributed by atoms with Crippen molar-refractivity contribution in [1.82, 2.24) is 25.3 Å². The third-order valence-corrected chi connectivity index (χ3v) is 9.45. The lowest BCUT2D eigenvalue weighted by Crippen LogP contribution is -2.41. The van der Waals surface area contributed by atoms with Gasteiger partial charge in [-0.25, -0.2) is 19.3 Å². The Bertz CT molecular complexity index is 2420. The smallest absolute Gasteiger partial charge is 0.475 e. The minimum atomic E-state index is -3.71. The molecule has 5 rings (SSSR count). The largest absolute Gasteiger partial charge is 0.480 e. The van der Waals surface area contributed by atoms with E-state index in [-0.39, 0.29) is 71.6 Å². The van der Waals surface area contributed by atoms with Crippen molar-refractivity contribution in [3.8, 4) is 5.75 Å². The lowest BCUT2D eigenvalue weighted by atomic mass is 10.1. The summed E-state index contributed by atoms with van der Waals surface area (Å²) in [7, 11) is -3.71. The van der Waals surface area contributed by atoms with Crippen molar-refractivity contribution in [3.63, 3.8) is 0 Å². The Labute approximate surface area is 329 Å². The number of nitrogens with two attached hydrogens (primary N) is 1. The monoisotopic (exact) mass is 816 g/mol. The number of benzene rings is 3. The molecule has 0 aliphatic heterocycles. The van der Waals surface area contributed by atoms with Crippen molar-refractivity contribution < 1.29 is 52.0 Å². The second-order valence-corrected chi connectivity index (χ2v) is 13.7. The molecule has 2 heterocycles. The van der Waals surface area contributed by atoms with Crippen molar-refractivity contribution in [1.29, 1.82) is 0 Å². The first-order valence-electron chi connectivity index (χ1n) is 17.5. The van der Waals surface area contributed by atoms with Crippen LogP contribution >= 0.6 is 7.82 Å². The van der Waals surface area contributed by atoms with E-state index in [1.165, 1.54) is 36.4 Å². The molecule has 0 bridgehead atoms. The molecule has 3 aromatic carbocycles. The van der Waals surface area contributed by atoms with Crippen molar-refractivity contribution in [2.24, 2.45) is 0 Å². The van der Waals surface area contributed by atoms with E-state index in [0.717, 1.165) is 6.20 Å². The number of para-hydroxylation sites is 1. The number of hydrogen-bond donors (Lipinski definition) is 6. The Morgan fingerprint density at radius 3 is 2.14 bits per heavy atom. The van der Waals surface area contributed by atoms with Gasteiger partial charge >= 0.3 is 25.3 Å². The number of rotatable bonds is 18. The van der Waals surface area contributed by atoms with Crippen molar-refractivity contribution in [2.75, 3.05) is 29.6 Å². The van der Waals surface area contributed by atoms with E-state index in [2.05, 4.69) is 35.9 Å². The highest BCUT2D eigenvalue weighted by atomic mass is 31.2. The minimum Gasteiger partial charge on any atom is -0.480 e. The van der Waals surface area contributed by atoms with E-state index in [0.29, 0.717) is 11.3 Å². The summed E-state index contributed by atoms with van der Waals surface area (Å²) in [5.74, 6) is -4.60. The molecular weight excluding hydrogens is 779 g/mol. The van der Waals surface area contributed by atoms with Gasteiger partial charge in [-0.15, -0.1) is 0 Å². The molecule has 0 unspecified atom stereocenters. The molecule has 3 amide bonds. The molecule has 0 fully saturated rings. The molecule has 20 nitrogen and oxygen atoms in total. The fraction of sp³-hybridized carbons (Fsp3) is 0.216. The fourth-order valence-electron chi connectivity index (χ4n) is 5.09. The zero-order valence-electron chi connectivity index (χ0n) is 30.9. The van der Waals surface area contributed by atoms with Crippen LogP contribution in [0.2, 0.25) is 0 Å². The molecule has 0 saturated carbocycles. The van der Waals surface area contributed by atoms with E-state index in [4.69, 9.17) is 24.0 Å². The number of phosphoric ester groups is 1. The summed E-state index contributed by atoms with van der Waals surface area (Å²) < 4.78 is 33.5. The normalized spacial score (nSPS) is 11.7. The van der Waals surface area contributed by atoms with Gasteiger partial charge in [0.1, 0.15) is 17.5 Å². The molecule has 0 aliphatic carbocycles. The SMILES string of the molecule is CCOP(=O)(OCC)OCc1ccc(NC(=O)c2ccccc2OC(=O)CC[C@H](NC(=O)c2ccc(NC(=O)c3cnc4[nH]c(N)nc(=O)c4n3)cc2)C(=O)O)cc1. The number of hydrogen-bond acceptors (Lipinski definition) is 15. The summed E-state index contributed by atoms with van der Waals surface area (Å²) in [6.07, 6.45) is 0.346. The number of carboxylic acids is 1. The van der Waals surface area contributed by atoms with Gasteiger partial charge in [0.15, 0.2) is 11.2 Å². The van der Waals surface area contributed by atoms with Gasteiger partial charge in [0.2, 0.25) is 5.95 Å². The van der Waals surface area contributed by atoms with Crippen LogP contribution in [0, 0.1) is 0 Å².